The summed E-state index contributed by atoms with van der Waals surface area (Å²) in [6.45, 7) is 19.7. The van der Waals surface area contributed by atoms with Crippen molar-refractivity contribution in [2.75, 3.05) is 111 Å². The molecular formula is C46H88Cl4N2O11Si. The van der Waals surface area contributed by atoms with Crippen LogP contribution >= 0.6 is 44.8 Å². The van der Waals surface area contributed by atoms with Crippen LogP contribution in [0.1, 0.15) is 144 Å². The summed E-state index contributed by atoms with van der Waals surface area (Å²) in [4.78, 5) is 51.4. The first-order valence-corrected chi connectivity index (χ1v) is 29.8. The fraction of sp³-hybridized carbons (Fsp3) is 0.913. The summed E-state index contributed by atoms with van der Waals surface area (Å²) in [5, 5.41) is 0. The van der Waals surface area contributed by atoms with Crippen LogP contribution in [0.4, 0.5) is 0 Å². The van der Waals surface area contributed by atoms with Gasteiger partial charge in [-0.25, -0.2) is 0 Å². The molecule has 64 heavy (non-hydrogen) atoms. The van der Waals surface area contributed by atoms with Gasteiger partial charge in [0.25, 0.3) is 0 Å². The molecule has 0 saturated carbocycles. The summed E-state index contributed by atoms with van der Waals surface area (Å²) in [6, 6.07) is -2.15. The van der Waals surface area contributed by atoms with E-state index in [0.717, 1.165) is 25.3 Å². The van der Waals surface area contributed by atoms with Gasteiger partial charge in [-0.15, -0.1) is 44.8 Å². The molecule has 0 atom stereocenters. The van der Waals surface area contributed by atoms with Gasteiger partial charge in [0.15, 0.2) is 0 Å². The standard InChI is InChI=1S/C28H54ClNO4.C18H34Cl3NO7Si/c1-25(2)23-33-27(31)17-21-30(22-18-28(32)34-24-26(3)4)20-16-14-12-10-8-6-5-7-9-11-13-15-19-29;1-3-28-17(23)5-7-22(8-6-18(24)29-4-2)9-10-25-11-12-26-13-14-27-15-16-30(19,20)21/h25-26H,5-24H2,1-4H3;3-16H2,1-2H3. The van der Waals surface area contributed by atoms with E-state index in [4.69, 9.17) is 78.0 Å². The van der Waals surface area contributed by atoms with Crippen molar-refractivity contribution in [2.45, 2.75) is 150 Å². The van der Waals surface area contributed by atoms with Crippen molar-refractivity contribution >= 4 is 74.7 Å². The van der Waals surface area contributed by atoms with Crippen LogP contribution in [0.25, 0.3) is 0 Å². The van der Waals surface area contributed by atoms with Crippen LogP contribution in [0.15, 0.2) is 0 Å². The SMILES string of the molecule is CC(C)COC(=O)CCN(CCCCCCCCCCCCCCCl)CCC(=O)OCC(C)C.CCOC(=O)CCN(CCOCCOCCOCC[Si](Cl)(Cl)Cl)CCC(=O)OCC. The van der Waals surface area contributed by atoms with Crippen molar-refractivity contribution < 1.29 is 52.3 Å². The topological polar surface area (TPSA) is 139 Å². The van der Waals surface area contributed by atoms with E-state index in [1.54, 1.807) is 13.8 Å². The molecule has 0 saturated heterocycles. The molecule has 0 aromatic rings. The van der Waals surface area contributed by atoms with Crippen molar-refractivity contribution in [1.29, 1.82) is 0 Å². The number of esters is 4. The van der Waals surface area contributed by atoms with Gasteiger partial charge in [-0.3, -0.25) is 24.1 Å². The minimum atomic E-state index is -2.61. The van der Waals surface area contributed by atoms with E-state index < -0.39 is 6.00 Å². The third-order valence-electron chi connectivity index (χ3n) is 9.48. The molecule has 0 rings (SSSR count). The van der Waals surface area contributed by atoms with Gasteiger partial charge in [0.2, 0.25) is 0 Å². The average molecular weight is 1020 g/mol. The second-order valence-electron chi connectivity index (χ2n) is 16.6. The summed E-state index contributed by atoms with van der Waals surface area (Å²) in [7, 11) is 0. The Hall–Kier alpha value is -0.943. The molecule has 0 bridgehead atoms. The smallest absolute Gasteiger partial charge is 0.343 e. The normalized spacial score (nSPS) is 11.6. The lowest BCUT2D eigenvalue weighted by Gasteiger charge is -2.22. The van der Waals surface area contributed by atoms with Crippen molar-refractivity contribution in [3.63, 3.8) is 0 Å². The van der Waals surface area contributed by atoms with E-state index in [0.29, 0.717) is 130 Å². The molecule has 0 aliphatic rings. The Balaban J connectivity index is 0. The highest BCUT2D eigenvalue weighted by Gasteiger charge is 2.24. The minimum Gasteiger partial charge on any atom is -0.466 e. The number of nitrogens with zero attached hydrogens (tertiary/aromatic N) is 2. The average Bonchev–Trinajstić information content (AvgIpc) is 3.24. The van der Waals surface area contributed by atoms with Gasteiger partial charge >= 0.3 is 29.9 Å². The molecule has 0 aliphatic heterocycles. The number of halogens is 4. The molecule has 0 spiro atoms. The largest absolute Gasteiger partial charge is 0.466 e. The Morgan fingerprint density at radius 3 is 1.12 bits per heavy atom. The number of hydrogen-bond donors (Lipinski definition) is 0. The predicted octanol–water partition coefficient (Wildman–Crippen LogP) is 10.3. The highest BCUT2D eigenvalue weighted by atomic mass is 35.8. The van der Waals surface area contributed by atoms with Crippen molar-refractivity contribution in [3.05, 3.63) is 0 Å². The molecule has 13 nitrogen and oxygen atoms in total. The Kier molecular flexibility index (Phi) is 48.0. The molecule has 0 heterocycles. The molecular weight excluding hydrogens is 926 g/mol. The lowest BCUT2D eigenvalue weighted by Crippen LogP contribution is -2.33. The quantitative estimate of drug-likeness (QED) is 0.0143. The zero-order chi connectivity index (χ0) is 48.1. The van der Waals surface area contributed by atoms with Crippen LogP contribution in [0.2, 0.25) is 6.04 Å². The number of hydrogen-bond acceptors (Lipinski definition) is 13. The second-order valence-corrected chi connectivity index (χ2v) is 26.2. The van der Waals surface area contributed by atoms with Crippen LogP contribution in [-0.2, 0) is 52.3 Å². The molecule has 0 radical (unpaired) electrons. The minimum absolute atomic E-state index is 0.153. The molecule has 0 fully saturated rings. The lowest BCUT2D eigenvalue weighted by atomic mass is 10.1. The van der Waals surface area contributed by atoms with Gasteiger partial charge in [-0.05, 0) is 45.1 Å². The number of ether oxygens (including phenoxy) is 7. The van der Waals surface area contributed by atoms with E-state index in [-0.39, 0.29) is 36.7 Å². The van der Waals surface area contributed by atoms with E-state index in [9.17, 15) is 19.2 Å². The van der Waals surface area contributed by atoms with Crippen molar-refractivity contribution in [3.8, 4) is 0 Å². The van der Waals surface area contributed by atoms with Gasteiger partial charge in [-0.2, -0.15) is 0 Å². The maximum absolute atomic E-state index is 12.0. The Labute approximate surface area is 408 Å². The number of carbonyl (C=O) groups excluding carboxylic acids is 4. The predicted molar refractivity (Wildman–Crippen MR) is 263 cm³/mol. The first-order chi connectivity index (χ1) is 30.6. The van der Waals surface area contributed by atoms with E-state index >= 15 is 0 Å². The highest BCUT2D eigenvalue weighted by molar-refractivity contribution is 7.64. The van der Waals surface area contributed by atoms with Crippen molar-refractivity contribution in [2.24, 2.45) is 11.8 Å². The summed E-state index contributed by atoms with van der Waals surface area (Å²) < 4.78 is 36.8. The van der Waals surface area contributed by atoms with E-state index in [1.165, 1.54) is 64.2 Å². The van der Waals surface area contributed by atoms with Crippen LogP contribution in [0.5, 0.6) is 0 Å². The Bertz CT molecular complexity index is 1060. The molecule has 0 aromatic carbocycles. The molecule has 0 amide bonds. The number of unbranched alkanes of at least 4 members (excludes halogenated alkanes) is 11. The van der Waals surface area contributed by atoms with Crippen LogP contribution in [0.3, 0.4) is 0 Å². The Morgan fingerprint density at radius 2 is 0.766 bits per heavy atom. The number of carbonyl (C=O) groups is 4. The van der Waals surface area contributed by atoms with Crippen molar-refractivity contribution in [1.82, 2.24) is 9.80 Å². The summed E-state index contributed by atoms with van der Waals surface area (Å²) in [5.74, 6) is 0.666. The lowest BCUT2D eigenvalue weighted by molar-refractivity contribution is -0.146. The van der Waals surface area contributed by atoms with Gasteiger partial charge in [-0.1, -0.05) is 91.9 Å². The highest BCUT2D eigenvalue weighted by Crippen LogP contribution is 2.24. The molecule has 0 aliphatic carbocycles. The van der Waals surface area contributed by atoms with Crippen LogP contribution in [0, 0.1) is 11.8 Å². The zero-order valence-corrected chi connectivity index (χ0v) is 44.6. The number of alkyl halides is 1. The molecule has 0 N–H and O–H groups in total. The van der Waals surface area contributed by atoms with E-state index in [1.807, 2.05) is 32.6 Å². The van der Waals surface area contributed by atoms with E-state index in [2.05, 4.69) is 4.90 Å². The number of rotatable bonds is 44. The molecule has 18 heteroatoms. The first-order valence-electron chi connectivity index (χ1n) is 24.1. The second kappa shape index (κ2) is 47.1. The summed E-state index contributed by atoms with van der Waals surface area (Å²) >= 11 is 23.0. The van der Waals surface area contributed by atoms with Gasteiger partial charge in [0.05, 0.1) is 85.1 Å². The van der Waals surface area contributed by atoms with Gasteiger partial charge in [0.1, 0.15) is 0 Å². The summed E-state index contributed by atoms with van der Waals surface area (Å²) in [6.07, 6.45) is 16.6. The first kappa shape index (κ1) is 65.1. The maximum atomic E-state index is 12.0. The Morgan fingerprint density at radius 1 is 0.438 bits per heavy atom. The third-order valence-corrected chi connectivity index (χ3v) is 12.2. The fourth-order valence-corrected chi connectivity index (χ4v) is 7.18. The van der Waals surface area contributed by atoms with Gasteiger partial charge in [0, 0.05) is 51.3 Å². The zero-order valence-electron chi connectivity index (χ0n) is 40.6. The molecule has 0 unspecified atom stereocenters. The van der Waals surface area contributed by atoms with Gasteiger partial charge < -0.3 is 38.1 Å². The molecule has 380 valence electrons. The monoisotopic (exact) mass is 1010 g/mol. The van der Waals surface area contributed by atoms with Crippen LogP contribution < -0.4 is 0 Å². The third kappa shape index (κ3) is 52.0. The maximum Gasteiger partial charge on any atom is 0.343 e. The van der Waals surface area contributed by atoms with Crippen LogP contribution in [-0.4, -0.2) is 151 Å². The molecule has 0 aromatic heterocycles. The summed E-state index contributed by atoms with van der Waals surface area (Å²) in [5.41, 5.74) is 0. The fourth-order valence-electron chi connectivity index (χ4n) is 5.92.